The summed E-state index contributed by atoms with van der Waals surface area (Å²) in [6.45, 7) is 2.51. The van der Waals surface area contributed by atoms with Gasteiger partial charge in [0.25, 0.3) is 0 Å². The van der Waals surface area contributed by atoms with Crippen molar-refractivity contribution < 1.29 is 5.11 Å². The maximum Gasteiger partial charge on any atom is 0.0709 e. The highest BCUT2D eigenvalue weighted by atomic mass is 16.3. The number of benzene rings is 1. The number of rotatable bonds is 5. The van der Waals surface area contributed by atoms with Gasteiger partial charge in [0.05, 0.1) is 18.6 Å². The van der Waals surface area contributed by atoms with Crippen molar-refractivity contribution in [1.29, 1.82) is 5.26 Å². The van der Waals surface area contributed by atoms with E-state index in [1.54, 1.807) is 0 Å². The first-order valence-corrected chi connectivity index (χ1v) is 5.14. The lowest BCUT2D eigenvalue weighted by molar-refractivity contribution is 0.183. The minimum absolute atomic E-state index is 0.302. The molecule has 0 aliphatic carbocycles. The van der Waals surface area contributed by atoms with Gasteiger partial charge in [0.1, 0.15) is 0 Å². The number of hydrogen-bond donors (Lipinski definition) is 2. The van der Waals surface area contributed by atoms with Gasteiger partial charge in [-0.15, -0.1) is 0 Å². The van der Waals surface area contributed by atoms with Gasteiger partial charge in [0.15, 0.2) is 0 Å². The average molecular weight is 204 g/mol. The highest BCUT2D eigenvalue weighted by Gasteiger charge is 1.99. The molecular weight excluding hydrogens is 188 g/mol. The van der Waals surface area contributed by atoms with Crippen LogP contribution >= 0.6 is 0 Å². The third-order valence-corrected chi connectivity index (χ3v) is 2.25. The highest BCUT2D eigenvalue weighted by molar-refractivity contribution is 5.45. The van der Waals surface area contributed by atoms with E-state index in [2.05, 4.69) is 11.4 Å². The molecule has 1 unspecified atom stereocenters. The Morgan fingerprint density at radius 1 is 1.40 bits per heavy atom. The lowest BCUT2D eigenvalue weighted by Gasteiger charge is -2.10. The molecule has 0 aromatic heterocycles. The number of nitrogens with zero attached hydrogens (tertiary/aromatic N) is 1. The van der Waals surface area contributed by atoms with Crippen molar-refractivity contribution in [3.63, 3.8) is 0 Å². The lowest BCUT2D eigenvalue weighted by atomic mass is 10.1. The monoisotopic (exact) mass is 204 g/mol. The Morgan fingerprint density at radius 3 is 2.60 bits per heavy atom. The lowest BCUT2D eigenvalue weighted by Crippen LogP contribution is -2.18. The molecule has 15 heavy (non-hydrogen) atoms. The summed E-state index contributed by atoms with van der Waals surface area (Å²) < 4.78 is 0. The van der Waals surface area contributed by atoms with E-state index in [0.717, 1.165) is 17.7 Å². The van der Waals surface area contributed by atoms with Crippen molar-refractivity contribution in [2.75, 3.05) is 11.9 Å². The molecule has 0 bridgehead atoms. The van der Waals surface area contributed by atoms with Gasteiger partial charge in [-0.2, -0.15) is 5.26 Å². The molecule has 0 radical (unpaired) electrons. The Hall–Kier alpha value is -1.53. The first-order chi connectivity index (χ1) is 7.26. The van der Waals surface area contributed by atoms with E-state index in [1.165, 1.54) is 0 Å². The first-order valence-electron chi connectivity index (χ1n) is 5.14. The largest absolute Gasteiger partial charge is 0.391 e. The Labute approximate surface area is 90.4 Å². The molecule has 0 fully saturated rings. The van der Waals surface area contributed by atoms with E-state index in [-0.39, 0.29) is 6.10 Å². The fourth-order valence-electron chi connectivity index (χ4n) is 1.21. The number of anilines is 1. The first kappa shape index (κ1) is 11.5. The molecule has 0 aliphatic heterocycles. The van der Waals surface area contributed by atoms with Crippen LogP contribution in [0.5, 0.6) is 0 Å². The molecule has 1 atom stereocenters. The van der Waals surface area contributed by atoms with Crippen LogP contribution in [0.3, 0.4) is 0 Å². The van der Waals surface area contributed by atoms with Gasteiger partial charge in [-0.05, 0) is 24.1 Å². The number of aliphatic hydroxyl groups excluding tert-OH is 1. The SMILES string of the molecule is CCC(O)CNc1ccc(CC#N)cc1. The summed E-state index contributed by atoms with van der Waals surface area (Å²) in [4.78, 5) is 0. The van der Waals surface area contributed by atoms with Crippen LogP contribution in [-0.2, 0) is 6.42 Å². The van der Waals surface area contributed by atoms with Gasteiger partial charge in [-0.3, -0.25) is 0 Å². The summed E-state index contributed by atoms with van der Waals surface area (Å²) in [5, 5.41) is 21.0. The van der Waals surface area contributed by atoms with Crippen molar-refractivity contribution in [2.24, 2.45) is 0 Å². The van der Waals surface area contributed by atoms with Gasteiger partial charge >= 0.3 is 0 Å². The smallest absolute Gasteiger partial charge is 0.0709 e. The minimum Gasteiger partial charge on any atom is -0.391 e. The zero-order chi connectivity index (χ0) is 11.1. The summed E-state index contributed by atoms with van der Waals surface area (Å²) in [5.41, 5.74) is 1.99. The molecule has 1 aromatic carbocycles. The van der Waals surface area contributed by atoms with Crippen molar-refractivity contribution in [3.8, 4) is 6.07 Å². The zero-order valence-corrected chi connectivity index (χ0v) is 8.90. The molecule has 3 heteroatoms. The predicted molar refractivity (Wildman–Crippen MR) is 60.5 cm³/mol. The van der Waals surface area contributed by atoms with Crippen LogP contribution in [0.15, 0.2) is 24.3 Å². The van der Waals surface area contributed by atoms with E-state index in [4.69, 9.17) is 5.26 Å². The summed E-state index contributed by atoms with van der Waals surface area (Å²) in [6, 6.07) is 9.79. The fraction of sp³-hybridized carbons (Fsp3) is 0.417. The van der Waals surface area contributed by atoms with Crippen LogP contribution in [0, 0.1) is 11.3 Å². The maximum atomic E-state index is 9.35. The van der Waals surface area contributed by atoms with Gasteiger partial charge in [0, 0.05) is 12.2 Å². The standard InChI is InChI=1S/C12H16N2O/c1-2-12(15)9-14-11-5-3-10(4-6-11)7-8-13/h3-6,12,14-15H,2,7,9H2,1H3. The Bertz CT molecular complexity index is 326. The minimum atomic E-state index is -0.302. The molecule has 0 spiro atoms. The fourth-order valence-corrected chi connectivity index (χ4v) is 1.21. The van der Waals surface area contributed by atoms with Crippen LogP contribution in [0.1, 0.15) is 18.9 Å². The van der Waals surface area contributed by atoms with Crippen LogP contribution in [0.4, 0.5) is 5.69 Å². The third kappa shape index (κ3) is 4.01. The van der Waals surface area contributed by atoms with Gasteiger partial charge < -0.3 is 10.4 Å². The van der Waals surface area contributed by atoms with E-state index in [0.29, 0.717) is 13.0 Å². The molecule has 2 N–H and O–H groups in total. The molecule has 0 heterocycles. The van der Waals surface area contributed by atoms with Crippen LogP contribution in [0.25, 0.3) is 0 Å². The average Bonchev–Trinajstić information content (AvgIpc) is 2.28. The second-order valence-electron chi connectivity index (χ2n) is 3.47. The summed E-state index contributed by atoms with van der Waals surface area (Å²) in [7, 11) is 0. The molecule has 1 aromatic rings. The van der Waals surface area contributed by atoms with Crippen LogP contribution in [0.2, 0.25) is 0 Å². The number of nitriles is 1. The third-order valence-electron chi connectivity index (χ3n) is 2.25. The molecule has 80 valence electrons. The Morgan fingerprint density at radius 2 is 2.07 bits per heavy atom. The van der Waals surface area contributed by atoms with E-state index in [1.807, 2.05) is 31.2 Å². The van der Waals surface area contributed by atoms with Crippen LogP contribution < -0.4 is 5.32 Å². The second-order valence-corrected chi connectivity index (χ2v) is 3.47. The molecule has 1 rings (SSSR count). The Balaban J connectivity index is 2.46. The van der Waals surface area contributed by atoms with E-state index >= 15 is 0 Å². The molecule has 0 saturated heterocycles. The predicted octanol–water partition coefficient (Wildman–Crippen LogP) is 1.94. The summed E-state index contributed by atoms with van der Waals surface area (Å²) >= 11 is 0. The van der Waals surface area contributed by atoms with Gasteiger partial charge in [-0.1, -0.05) is 19.1 Å². The molecule has 0 aliphatic rings. The summed E-state index contributed by atoms with van der Waals surface area (Å²) in [6.07, 6.45) is 0.890. The second kappa shape index (κ2) is 6.05. The summed E-state index contributed by atoms with van der Waals surface area (Å²) in [5.74, 6) is 0. The number of nitrogens with one attached hydrogen (secondary N) is 1. The van der Waals surface area contributed by atoms with Crippen LogP contribution in [-0.4, -0.2) is 17.8 Å². The molecule has 0 amide bonds. The number of aliphatic hydroxyl groups is 1. The van der Waals surface area contributed by atoms with Crippen molar-refractivity contribution >= 4 is 5.69 Å². The molecule has 3 nitrogen and oxygen atoms in total. The maximum absolute atomic E-state index is 9.35. The zero-order valence-electron chi connectivity index (χ0n) is 8.90. The van der Waals surface area contributed by atoms with Crippen molar-refractivity contribution in [3.05, 3.63) is 29.8 Å². The van der Waals surface area contributed by atoms with E-state index in [9.17, 15) is 5.11 Å². The van der Waals surface area contributed by atoms with E-state index < -0.39 is 0 Å². The van der Waals surface area contributed by atoms with Crippen molar-refractivity contribution in [1.82, 2.24) is 0 Å². The molecule has 0 saturated carbocycles. The quantitative estimate of drug-likeness (QED) is 0.770. The van der Waals surface area contributed by atoms with Gasteiger partial charge in [-0.25, -0.2) is 0 Å². The number of hydrogen-bond acceptors (Lipinski definition) is 3. The highest BCUT2D eigenvalue weighted by Crippen LogP contribution is 2.09. The Kier molecular flexibility index (Phi) is 4.65. The van der Waals surface area contributed by atoms with Gasteiger partial charge in [0.2, 0.25) is 0 Å². The normalized spacial score (nSPS) is 11.8. The van der Waals surface area contributed by atoms with Crippen molar-refractivity contribution in [2.45, 2.75) is 25.9 Å². The topological polar surface area (TPSA) is 56.0 Å². The molecular formula is C12H16N2O.